The van der Waals surface area contributed by atoms with Gasteiger partial charge in [0, 0.05) is 19.7 Å². The minimum atomic E-state index is 0.372. The van der Waals surface area contributed by atoms with E-state index < -0.39 is 0 Å². The van der Waals surface area contributed by atoms with E-state index in [-0.39, 0.29) is 0 Å². The van der Waals surface area contributed by atoms with E-state index in [1.54, 1.807) is 0 Å². The van der Waals surface area contributed by atoms with E-state index in [2.05, 4.69) is 50.4 Å². The van der Waals surface area contributed by atoms with Gasteiger partial charge in [-0.15, -0.1) is 0 Å². The van der Waals surface area contributed by atoms with Crippen LogP contribution in [-0.2, 0) is 11.3 Å². The molecule has 0 spiro atoms. The monoisotopic (exact) mass is 235 g/mol. The first-order valence-electron chi connectivity index (χ1n) is 6.40. The van der Waals surface area contributed by atoms with E-state index in [1.807, 2.05) is 6.07 Å². The van der Waals surface area contributed by atoms with Gasteiger partial charge >= 0.3 is 0 Å². The third-order valence-corrected chi connectivity index (χ3v) is 2.59. The summed E-state index contributed by atoms with van der Waals surface area (Å²) in [6, 6.07) is 10.4. The normalized spacial score (nSPS) is 11.7. The highest BCUT2D eigenvalue weighted by atomic mass is 16.5. The van der Waals surface area contributed by atoms with Crippen molar-refractivity contribution in [2.75, 3.05) is 19.8 Å². The predicted octanol–water partition coefficient (Wildman–Crippen LogP) is 3.23. The molecule has 0 unspecified atom stereocenters. The molecule has 0 heterocycles. The first-order valence-corrected chi connectivity index (χ1v) is 6.40. The van der Waals surface area contributed by atoms with E-state index in [0.717, 1.165) is 32.7 Å². The zero-order chi connectivity index (χ0) is 12.6. The molecule has 0 bridgehead atoms. The Balaban J connectivity index is 1.95. The summed E-state index contributed by atoms with van der Waals surface area (Å²) in [5.41, 5.74) is 1.69. The summed E-state index contributed by atoms with van der Waals surface area (Å²) in [6.07, 6.45) is 1.12. The van der Waals surface area contributed by atoms with Gasteiger partial charge < -0.3 is 10.1 Å². The van der Waals surface area contributed by atoms with Crippen molar-refractivity contribution in [1.82, 2.24) is 5.32 Å². The topological polar surface area (TPSA) is 21.3 Å². The lowest BCUT2D eigenvalue weighted by atomic mass is 9.93. The summed E-state index contributed by atoms with van der Waals surface area (Å²) < 4.78 is 5.59. The fraction of sp³-hybridized carbons (Fsp3) is 0.600. The number of ether oxygens (including phenoxy) is 1. The smallest absolute Gasteiger partial charge is 0.0591 e. The molecule has 0 radical (unpaired) electrons. The van der Waals surface area contributed by atoms with Crippen LogP contribution >= 0.6 is 0 Å². The number of nitrogens with one attached hydrogen (secondary N) is 1. The molecule has 0 atom stereocenters. The van der Waals surface area contributed by atoms with Gasteiger partial charge in [0.15, 0.2) is 0 Å². The van der Waals surface area contributed by atoms with Crippen LogP contribution in [0.25, 0.3) is 0 Å². The molecule has 0 aromatic heterocycles. The van der Waals surface area contributed by atoms with E-state index >= 15 is 0 Å². The molecule has 0 aliphatic rings. The van der Waals surface area contributed by atoms with Gasteiger partial charge in [-0.25, -0.2) is 0 Å². The van der Waals surface area contributed by atoms with Crippen LogP contribution < -0.4 is 5.32 Å². The van der Waals surface area contributed by atoms with Crippen molar-refractivity contribution in [2.45, 2.75) is 33.7 Å². The number of rotatable bonds is 7. The standard InChI is InChI=1S/C15H25NO/c1-15(2,3)9-11-17-12-10-16-13-14-7-5-4-6-8-14/h4-8,16H,9-13H2,1-3H3. The van der Waals surface area contributed by atoms with Gasteiger partial charge in [0.25, 0.3) is 0 Å². The summed E-state index contributed by atoms with van der Waals surface area (Å²) in [7, 11) is 0. The number of hydrogen-bond acceptors (Lipinski definition) is 2. The molecule has 1 aromatic rings. The molecule has 0 aliphatic heterocycles. The Bertz CT molecular complexity index is 290. The van der Waals surface area contributed by atoms with Crippen molar-refractivity contribution in [1.29, 1.82) is 0 Å². The lowest BCUT2D eigenvalue weighted by Gasteiger charge is -2.17. The van der Waals surface area contributed by atoms with Gasteiger partial charge in [-0.3, -0.25) is 0 Å². The van der Waals surface area contributed by atoms with E-state index in [4.69, 9.17) is 4.74 Å². The van der Waals surface area contributed by atoms with Crippen molar-refractivity contribution in [3.8, 4) is 0 Å². The maximum absolute atomic E-state index is 5.59. The molecular weight excluding hydrogens is 210 g/mol. The maximum atomic E-state index is 5.59. The Morgan fingerprint density at radius 3 is 2.41 bits per heavy atom. The van der Waals surface area contributed by atoms with Gasteiger partial charge in [0.1, 0.15) is 0 Å². The first-order chi connectivity index (χ1) is 8.08. The van der Waals surface area contributed by atoms with Crippen LogP contribution in [0.2, 0.25) is 0 Å². The molecule has 0 amide bonds. The van der Waals surface area contributed by atoms with Gasteiger partial charge in [-0.2, -0.15) is 0 Å². The molecule has 1 rings (SSSR count). The molecule has 0 saturated heterocycles. The minimum absolute atomic E-state index is 0.372. The Kier molecular flexibility index (Phi) is 6.23. The largest absolute Gasteiger partial charge is 0.380 e. The van der Waals surface area contributed by atoms with E-state index in [1.165, 1.54) is 5.56 Å². The van der Waals surface area contributed by atoms with Crippen LogP contribution in [0.4, 0.5) is 0 Å². The average Bonchev–Trinajstić information content (AvgIpc) is 2.28. The second-order valence-electron chi connectivity index (χ2n) is 5.59. The van der Waals surface area contributed by atoms with Crippen LogP contribution in [-0.4, -0.2) is 19.8 Å². The number of hydrogen-bond donors (Lipinski definition) is 1. The molecule has 2 heteroatoms. The quantitative estimate of drug-likeness (QED) is 0.733. The van der Waals surface area contributed by atoms with E-state index in [9.17, 15) is 0 Å². The lowest BCUT2D eigenvalue weighted by Crippen LogP contribution is -2.20. The highest BCUT2D eigenvalue weighted by Crippen LogP contribution is 2.17. The van der Waals surface area contributed by atoms with Crippen molar-refractivity contribution in [2.24, 2.45) is 5.41 Å². The van der Waals surface area contributed by atoms with Crippen molar-refractivity contribution in [3.05, 3.63) is 35.9 Å². The summed E-state index contributed by atoms with van der Waals surface area (Å²) in [6.45, 7) is 10.2. The van der Waals surface area contributed by atoms with Gasteiger partial charge in [0.05, 0.1) is 6.61 Å². The summed E-state index contributed by atoms with van der Waals surface area (Å²) in [5.74, 6) is 0. The Morgan fingerprint density at radius 1 is 1.06 bits per heavy atom. The van der Waals surface area contributed by atoms with Crippen molar-refractivity contribution < 1.29 is 4.74 Å². The summed E-state index contributed by atoms with van der Waals surface area (Å²) >= 11 is 0. The molecule has 0 saturated carbocycles. The number of benzene rings is 1. The molecule has 1 N–H and O–H groups in total. The molecule has 1 aromatic carbocycles. The Morgan fingerprint density at radius 2 is 1.76 bits per heavy atom. The van der Waals surface area contributed by atoms with Crippen LogP contribution in [0.5, 0.6) is 0 Å². The second kappa shape index (κ2) is 7.46. The van der Waals surface area contributed by atoms with Crippen LogP contribution in [0, 0.1) is 5.41 Å². The zero-order valence-electron chi connectivity index (χ0n) is 11.3. The highest BCUT2D eigenvalue weighted by molar-refractivity contribution is 5.14. The fourth-order valence-corrected chi connectivity index (χ4v) is 1.45. The van der Waals surface area contributed by atoms with Crippen molar-refractivity contribution in [3.63, 3.8) is 0 Å². The first kappa shape index (κ1) is 14.2. The zero-order valence-corrected chi connectivity index (χ0v) is 11.3. The third-order valence-electron chi connectivity index (χ3n) is 2.59. The van der Waals surface area contributed by atoms with E-state index in [0.29, 0.717) is 5.41 Å². The van der Waals surface area contributed by atoms with Gasteiger partial charge in [-0.1, -0.05) is 51.1 Å². The van der Waals surface area contributed by atoms with Gasteiger partial charge in [0.2, 0.25) is 0 Å². The van der Waals surface area contributed by atoms with Gasteiger partial charge in [-0.05, 0) is 17.4 Å². The minimum Gasteiger partial charge on any atom is -0.380 e. The molecule has 0 fully saturated rings. The lowest BCUT2D eigenvalue weighted by molar-refractivity contribution is 0.110. The Labute approximate surface area is 105 Å². The molecule has 17 heavy (non-hydrogen) atoms. The molecule has 0 aliphatic carbocycles. The van der Waals surface area contributed by atoms with Crippen LogP contribution in [0.3, 0.4) is 0 Å². The molecule has 2 nitrogen and oxygen atoms in total. The van der Waals surface area contributed by atoms with Crippen molar-refractivity contribution >= 4 is 0 Å². The summed E-state index contributed by atoms with van der Waals surface area (Å²) in [4.78, 5) is 0. The third kappa shape index (κ3) is 7.94. The Hall–Kier alpha value is -0.860. The second-order valence-corrected chi connectivity index (χ2v) is 5.59. The van der Waals surface area contributed by atoms with Crippen LogP contribution in [0.15, 0.2) is 30.3 Å². The highest BCUT2D eigenvalue weighted by Gasteiger charge is 2.08. The fourth-order valence-electron chi connectivity index (χ4n) is 1.45. The average molecular weight is 235 g/mol. The summed E-state index contributed by atoms with van der Waals surface area (Å²) in [5, 5.41) is 3.37. The predicted molar refractivity (Wildman–Crippen MR) is 73.0 cm³/mol. The molecule has 96 valence electrons. The molecular formula is C15H25NO. The maximum Gasteiger partial charge on any atom is 0.0591 e. The SMILES string of the molecule is CC(C)(C)CCOCCNCc1ccccc1. The van der Waals surface area contributed by atoms with Crippen LogP contribution in [0.1, 0.15) is 32.8 Å².